The fourth-order valence-electron chi connectivity index (χ4n) is 1.81. The van der Waals surface area contributed by atoms with Crippen LogP contribution in [0.2, 0.25) is 0 Å². The lowest BCUT2D eigenvalue weighted by molar-refractivity contribution is 0.948. The quantitative estimate of drug-likeness (QED) is 0.782. The molecule has 3 N–H and O–H groups in total. The highest BCUT2D eigenvalue weighted by Crippen LogP contribution is 2.25. The van der Waals surface area contributed by atoms with E-state index in [1.165, 1.54) is 16.7 Å². The molecule has 0 aliphatic heterocycles. The molecule has 0 aliphatic carbocycles. The van der Waals surface area contributed by atoms with Gasteiger partial charge in [0.2, 0.25) is 0 Å². The van der Waals surface area contributed by atoms with Crippen molar-refractivity contribution >= 4 is 0 Å². The SMILES string of the molecule is Cc1cccc(C)c1-c1cc(CN)[nH]n1. The molecule has 0 bridgehead atoms. The molecule has 0 amide bonds. The maximum atomic E-state index is 5.55. The molecule has 2 rings (SSSR count). The summed E-state index contributed by atoms with van der Waals surface area (Å²) in [7, 11) is 0. The predicted molar refractivity (Wildman–Crippen MR) is 61.4 cm³/mol. The first-order valence-electron chi connectivity index (χ1n) is 5.03. The van der Waals surface area contributed by atoms with Crippen LogP contribution in [-0.2, 0) is 6.54 Å². The Bertz CT molecular complexity index is 451. The first-order valence-corrected chi connectivity index (χ1v) is 5.03. The van der Waals surface area contributed by atoms with Crippen molar-refractivity contribution < 1.29 is 0 Å². The van der Waals surface area contributed by atoms with Crippen molar-refractivity contribution in [1.29, 1.82) is 0 Å². The Morgan fingerprint density at radius 2 is 1.93 bits per heavy atom. The number of benzene rings is 1. The maximum absolute atomic E-state index is 5.55. The monoisotopic (exact) mass is 201 g/mol. The highest BCUT2D eigenvalue weighted by molar-refractivity contribution is 5.67. The van der Waals surface area contributed by atoms with Gasteiger partial charge < -0.3 is 5.73 Å². The number of hydrogen-bond acceptors (Lipinski definition) is 2. The lowest BCUT2D eigenvalue weighted by Gasteiger charge is -2.05. The van der Waals surface area contributed by atoms with E-state index in [4.69, 9.17) is 5.73 Å². The molecule has 0 radical (unpaired) electrons. The molecule has 78 valence electrons. The Balaban J connectivity index is 2.53. The lowest BCUT2D eigenvalue weighted by Crippen LogP contribution is -1.95. The van der Waals surface area contributed by atoms with Crippen molar-refractivity contribution in [2.45, 2.75) is 20.4 Å². The first kappa shape index (κ1) is 9.93. The molecule has 0 saturated heterocycles. The summed E-state index contributed by atoms with van der Waals surface area (Å²) < 4.78 is 0. The zero-order valence-electron chi connectivity index (χ0n) is 9.04. The van der Waals surface area contributed by atoms with Crippen molar-refractivity contribution in [1.82, 2.24) is 10.2 Å². The summed E-state index contributed by atoms with van der Waals surface area (Å²) in [6.07, 6.45) is 0. The normalized spacial score (nSPS) is 10.6. The van der Waals surface area contributed by atoms with Crippen LogP contribution in [0.15, 0.2) is 24.3 Å². The fourth-order valence-corrected chi connectivity index (χ4v) is 1.81. The van der Waals surface area contributed by atoms with Gasteiger partial charge >= 0.3 is 0 Å². The smallest absolute Gasteiger partial charge is 0.0929 e. The second-order valence-corrected chi connectivity index (χ2v) is 3.75. The van der Waals surface area contributed by atoms with E-state index in [1.807, 2.05) is 6.07 Å². The Morgan fingerprint density at radius 3 is 2.47 bits per heavy atom. The molecule has 0 spiro atoms. The average Bonchev–Trinajstić information content (AvgIpc) is 2.66. The number of nitrogens with zero attached hydrogens (tertiary/aromatic N) is 1. The van der Waals surface area contributed by atoms with E-state index in [0.717, 1.165) is 11.4 Å². The van der Waals surface area contributed by atoms with Gasteiger partial charge in [-0.2, -0.15) is 5.10 Å². The second-order valence-electron chi connectivity index (χ2n) is 3.75. The molecule has 1 aromatic carbocycles. The van der Waals surface area contributed by atoms with Gasteiger partial charge in [-0.05, 0) is 31.0 Å². The van der Waals surface area contributed by atoms with Crippen LogP contribution in [0, 0.1) is 13.8 Å². The summed E-state index contributed by atoms with van der Waals surface area (Å²) in [5, 5.41) is 7.21. The van der Waals surface area contributed by atoms with E-state index < -0.39 is 0 Å². The maximum Gasteiger partial charge on any atom is 0.0929 e. The van der Waals surface area contributed by atoms with Gasteiger partial charge in [-0.1, -0.05) is 18.2 Å². The third kappa shape index (κ3) is 1.78. The number of H-pyrrole nitrogens is 1. The van der Waals surface area contributed by atoms with E-state index in [9.17, 15) is 0 Å². The Labute approximate surface area is 89.3 Å². The lowest BCUT2D eigenvalue weighted by atomic mass is 10.0. The Hall–Kier alpha value is -1.61. The molecule has 15 heavy (non-hydrogen) atoms. The van der Waals surface area contributed by atoms with Crippen LogP contribution in [0.1, 0.15) is 16.8 Å². The molecule has 0 unspecified atom stereocenters. The Morgan fingerprint density at radius 1 is 1.27 bits per heavy atom. The zero-order chi connectivity index (χ0) is 10.8. The minimum Gasteiger partial charge on any atom is -0.325 e. The van der Waals surface area contributed by atoms with Crippen molar-refractivity contribution in [2.24, 2.45) is 5.73 Å². The van der Waals surface area contributed by atoms with Crippen LogP contribution in [0.5, 0.6) is 0 Å². The van der Waals surface area contributed by atoms with E-state index >= 15 is 0 Å². The number of aryl methyl sites for hydroxylation is 2. The third-order valence-corrected chi connectivity index (χ3v) is 2.59. The minimum atomic E-state index is 0.498. The van der Waals surface area contributed by atoms with E-state index in [1.54, 1.807) is 0 Å². The van der Waals surface area contributed by atoms with E-state index in [0.29, 0.717) is 6.54 Å². The summed E-state index contributed by atoms with van der Waals surface area (Å²) in [5.41, 5.74) is 11.2. The number of hydrogen-bond donors (Lipinski definition) is 2. The highest BCUT2D eigenvalue weighted by Gasteiger charge is 2.08. The first-order chi connectivity index (χ1) is 7.22. The summed E-state index contributed by atoms with van der Waals surface area (Å²) in [6.45, 7) is 4.69. The van der Waals surface area contributed by atoms with Gasteiger partial charge in [-0.25, -0.2) is 0 Å². The molecular formula is C12H15N3. The predicted octanol–water partition coefficient (Wildman–Crippen LogP) is 2.15. The zero-order valence-corrected chi connectivity index (χ0v) is 9.04. The molecule has 3 heteroatoms. The highest BCUT2D eigenvalue weighted by atomic mass is 15.1. The second kappa shape index (κ2) is 3.87. The Kier molecular flexibility index (Phi) is 2.56. The number of nitrogens with two attached hydrogens (primary N) is 1. The van der Waals surface area contributed by atoms with Crippen LogP contribution in [0.25, 0.3) is 11.3 Å². The summed E-state index contributed by atoms with van der Waals surface area (Å²) >= 11 is 0. The van der Waals surface area contributed by atoms with Crippen LogP contribution < -0.4 is 5.73 Å². The average molecular weight is 201 g/mol. The van der Waals surface area contributed by atoms with Gasteiger partial charge in [0.15, 0.2) is 0 Å². The molecule has 0 fully saturated rings. The minimum absolute atomic E-state index is 0.498. The number of aromatic amines is 1. The van der Waals surface area contributed by atoms with Crippen molar-refractivity contribution in [3.8, 4) is 11.3 Å². The van der Waals surface area contributed by atoms with Gasteiger partial charge in [0.05, 0.1) is 5.69 Å². The molecule has 3 nitrogen and oxygen atoms in total. The van der Waals surface area contributed by atoms with Gasteiger partial charge in [0.25, 0.3) is 0 Å². The summed E-state index contributed by atoms with van der Waals surface area (Å²) in [5.74, 6) is 0. The third-order valence-electron chi connectivity index (χ3n) is 2.59. The number of nitrogens with one attached hydrogen (secondary N) is 1. The molecule has 2 aromatic rings. The van der Waals surface area contributed by atoms with Crippen molar-refractivity contribution in [3.05, 3.63) is 41.1 Å². The van der Waals surface area contributed by atoms with Gasteiger partial charge in [-0.3, -0.25) is 5.10 Å². The number of rotatable bonds is 2. The molecule has 1 heterocycles. The van der Waals surface area contributed by atoms with Gasteiger partial charge in [0.1, 0.15) is 0 Å². The molecule has 0 saturated carbocycles. The number of aromatic nitrogens is 2. The molecule has 0 atom stereocenters. The van der Waals surface area contributed by atoms with Crippen LogP contribution >= 0.6 is 0 Å². The van der Waals surface area contributed by atoms with Gasteiger partial charge in [0, 0.05) is 17.8 Å². The standard InChI is InChI=1S/C12H15N3/c1-8-4-3-5-9(2)12(8)11-6-10(7-13)14-15-11/h3-6H,7,13H2,1-2H3,(H,14,15). The van der Waals surface area contributed by atoms with Crippen molar-refractivity contribution in [3.63, 3.8) is 0 Å². The van der Waals surface area contributed by atoms with Crippen LogP contribution in [0.4, 0.5) is 0 Å². The van der Waals surface area contributed by atoms with Crippen LogP contribution in [0.3, 0.4) is 0 Å². The largest absolute Gasteiger partial charge is 0.325 e. The van der Waals surface area contributed by atoms with Crippen LogP contribution in [-0.4, -0.2) is 10.2 Å². The van der Waals surface area contributed by atoms with E-state index in [2.05, 4.69) is 42.2 Å². The van der Waals surface area contributed by atoms with E-state index in [-0.39, 0.29) is 0 Å². The molecule has 0 aliphatic rings. The molecule has 1 aromatic heterocycles. The fraction of sp³-hybridized carbons (Fsp3) is 0.250. The van der Waals surface area contributed by atoms with Crippen molar-refractivity contribution in [2.75, 3.05) is 0 Å². The molecular weight excluding hydrogens is 186 g/mol. The van der Waals surface area contributed by atoms with Gasteiger partial charge in [-0.15, -0.1) is 0 Å². The topological polar surface area (TPSA) is 54.7 Å². The summed E-state index contributed by atoms with van der Waals surface area (Å²) in [4.78, 5) is 0. The summed E-state index contributed by atoms with van der Waals surface area (Å²) in [6, 6.07) is 8.26.